The number of ether oxygens (including phenoxy) is 4. The van der Waals surface area contributed by atoms with E-state index >= 15 is 0 Å². The van der Waals surface area contributed by atoms with Crippen LogP contribution in [0.4, 0.5) is 0 Å². The van der Waals surface area contributed by atoms with Gasteiger partial charge in [0.15, 0.2) is 23.9 Å². The third-order valence-electron chi connectivity index (χ3n) is 9.05. The number of nitrogens with zero attached hydrogens (tertiary/aromatic N) is 2. The minimum absolute atomic E-state index is 0.0972. The molecule has 4 aromatic rings. The Bertz CT molecular complexity index is 1760. The van der Waals surface area contributed by atoms with Crippen molar-refractivity contribution in [3.63, 3.8) is 0 Å². The van der Waals surface area contributed by atoms with Gasteiger partial charge >= 0.3 is 11.9 Å². The highest BCUT2D eigenvalue weighted by Gasteiger charge is 2.38. The van der Waals surface area contributed by atoms with Crippen molar-refractivity contribution < 1.29 is 33.3 Å². The van der Waals surface area contributed by atoms with Gasteiger partial charge in [-0.05, 0) is 67.2 Å². The number of methoxy groups -OCH3 is 2. The number of piperidine rings is 3. The van der Waals surface area contributed by atoms with Crippen LogP contribution in [0.3, 0.4) is 0 Å². The number of hydrogen-bond acceptors (Lipinski definition) is 10. The lowest BCUT2D eigenvalue weighted by atomic mass is 9.86. The van der Waals surface area contributed by atoms with Crippen molar-refractivity contribution >= 4 is 46.5 Å². The zero-order valence-corrected chi connectivity index (χ0v) is 29.4. The number of halogens is 2. The van der Waals surface area contributed by atoms with Crippen LogP contribution in [0.5, 0.6) is 11.5 Å². The van der Waals surface area contributed by atoms with E-state index in [4.69, 9.17) is 42.1 Å². The Kier molecular flexibility index (Phi) is 11.3. The summed E-state index contributed by atoms with van der Waals surface area (Å²) in [5, 5.41) is 15.5. The Balaban J connectivity index is 1.17. The molecule has 0 aliphatic carbocycles. The molecule has 0 saturated carbocycles. The van der Waals surface area contributed by atoms with E-state index < -0.39 is 18.1 Å². The molecule has 1 N–H and O–H groups in total. The molecule has 2 aromatic carbocycles. The molecule has 0 radical (unpaired) electrons. The minimum atomic E-state index is -0.836. The quantitative estimate of drug-likeness (QED) is 0.0962. The Labute approximate surface area is 299 Å². The van der Waals surface area contributed by atoms with Gasteiger partial charge in [-0.25, -0.2) is 9.59 Å². The molecular formula is C36H37Cl2N3O7S. The number of carbonyl (C=O) groups is 2. The second-order valence-electron chi connectivity index (χ2n) is 12.1. The molecule has 3 fully saturated rings. The second-order valence-corrected chi connectivity index (χ2v) is 14.1. The van der Waals surface area contributed by atoms with Crippen molar-refractivity contribution in [2.24, 2.45) is 5.92 Å². The summed E-state index contributed by atoms with van der Waals surface area (Å²) in [4.78, 5) is 30.7. The molecule has 13 heteroatoms. The van der Waals surface area contributed by atoms with Crippen molar-refractivity contribution in [1.29, 1.82) is 0 Å². The summed E-state index contributed by atoms with van der Waals surface area (Å²) >= 11 is 14.1. The molecule has 49 heavy (non-hydrogen) atoms. The van der Waals surface area contributed by atoms with Gasteiger partial charge in [-0.15, -0.1) is 11.3 Å². The van der Waals surface area contributed by atoms with Crippen LogP contribution in [0.1, 0.15) is 56.2 Å². The number of fused-ring (bicyclic) bond motifs is 3. The normalized spacial score (nSPS) is 19.6. The molecule has 2 aromatic heterocycles. The molecule has 3 atom stereocenters. The highest BCUT2D eigenvalue weighted by atomic mass is 35.5. The number of benzene rings is 2. The maximum Gasteiger partial charge on any atom is 0.348 e. The molecule has 0 amide bonds. The number of nitrogens with one attached hydrogen (secondary N) is 1. The van der Waals surface area contributed by atoms with Crippen LogP contribution in [0.25, 0.3) is 0 Å². The van der Waals surface area contributed by atoms with Crippen LogP contribution in [-0.4, -0.2) is 56.8 Å². The zero-order chi connectivity index (χ0) is 34.5. The van der Waals surface area contributed by atoms with E-state index in [0.29, 0.717) is 44.7 Å². The molecule has 258 valence electrons. The van der Waals surface area contributed by atoms with Gasteiger partial charge < -0.3 is 24.2 Å². The lowest BCUT2D eigenvalue weighted by molar-refractivity contribution is -0.605. The SMILES string of the molecule is COc1ccc([C@@H](Cc2c(Cl)c[n+]([O-])cc2Cl)OC(=O)c2ccc(CNC(C(=O)O[C@H]3CN4CCC3CC4)c3ccccc3)s2)cc1OC. The lowest BCUT2D eigenvalue weighted by Gasteiger charge is -2.44. The van der Waals surface area contributed by atoms with E-state index in [1.807, 2.05) is 36.4 Å². The fourth-order valence-corrected chi connectivity index (χ4v) is 7.85. The summed E-state index contributed by atoms with van der Waals surface area (Å²) in [5.41, 5.74) is 1.88. The van der Waals surface area contributed by atoms with Crippen LogP contribution < -0.4 is 19.5 Å². The number of hydrogen-bond donors (Lipinski definition) is 1. The third kappa shape index (κ3) is 8.30. The predicted molar refractivity (Wildman–Crippen MR) is 186 cm³/mol. The number of thiophene rings is 1. The molecule has 7 rings (SSSR count). The first-order chi connectivity index (χ1) is 23.7. The topological polar surface area (TPSA) is 113 Å². The lowest BCUT2D eigenvalue weighted by Crippen LogP contribution is -2.52. The first kappa shape index (κ1) is 35.0. The van der Waals surface area contributed by atoms with Crippen LogP contribution >= 0.6 is 34.5 Å². The summed E-state index contributed by atoms with van der Waals surface area (Å²) in [6.07, 6.45) is 3.65. The monoisotopic (exact) mass is 725 g/mol. The van der Waals surface area contributed by atoms with Gasteiger partial charge in [0.1, 0.15) is 33.2 Å². The van der Waals surface area contributed by atoms with Gasteiger partial charge in [0, 0.05) is 30.0 Å². The van der Waals surface area contributed by atoms with Crippen molar-refractivity contribution in [3.8, 4) is 11.5 Å². The highest BCUT2D eigenvalue weighted by molar-refractivity contribution is 7.13. The van der Waals surface area contributed by atoms with Gasteiger partial charge in [0.05, 0.1) is 14.2 Å². The van der Waals surface area contributed by atoms with Gasteiger partial charge in [-0.2, -0.15) is 4.73 Å². The molecule has 3 saturated heterocycles. The number of pyridine rings is 1. The summed E-state index contributed by atoms with van der Waals surface area (Å²) in [6, 6.07) is 17.6. The fourth-order valence-electron chi connectivity index (χ4n) is 6.41. The van der Waals surface area contributed by atoms with Crippen LogP contribution in [-0.2, 0) is 27.2 Å². The molecule has 2 bridgehead atoms. The van der Waals surface area contributed by atoms with E-state index in [1.54, 1.807) is 24.3 Å². The Morgan fingerprint density at radius 3 is 2.35 bits per heavy atom. The Hall–Kier alpha value is -3.87. The van der Waals surface area contributed by atoms with Crippen molar-refractivity contribution in [2.45, 2.75) is 44.1 Å². The predicted octanol–water partition coefficient (Wildman–Crippen LogP) is 6.31. The van der Waals surface area contributed by atoms with Crippen LogP contribution in [0, 0.1) is 11.1 Å². The molecule has 10 nitrogen and oxygen atoms in total. The van der Waals surface area contributed by atoms with Gasteiger partial charge in [0.2, 0.25) is 0 Å². The van der Waals surface area contributed by atoms with E-state index in [2.05, 4.69) is 10.2 Å². The smallest absolute Gasteiger partial charge is 0.348 e. The van der Waals surface area contributed by atoms with Crippen molar-refractivity contribution in [3.05, 3.63) is 115 Å². The van der Waals surface area contributed by atoms with Crippen molar-refractivity contribution in [1.82, 2.24) is 10.2 Å². The molecule has 3 aliphatic heterocycles. The maximum absolute atomic E-state index is 13.6. The first-order valence-electron chi connectivity index (χ1n) is 16.0. The zero-order valence-electron chi connectivity index (χ0n) is 27.1. The van der Waals surface area contributed by atoms with Gasteiger partial charge in [-0.1, -0.05) is 59.6 Å². The fraction of sp³-hybridized carbons (Fsp3) is 0.361. The average molecular weight is 727 g/mol. The molecule has 5 heterocycles. The number of rotatable bonds is 13. The van der Waals surface area contributed by atoms with E-state index in [-0.39, 0.29) is 28.5 Å². The molecular weight excluding hydrogens is 689 g/mol. The maximum atomic E-state index is 13.6. The average Bonchev–Trinajstić information content (AvgIpc) is 3.59. The van der Waals surface area contributed by atoms with E-state index in [0.717, 1.165) is 42.9 Å². The second kappa shape index (κ2) is 15.8. The Morgan fingerprint density at radius 2 is 1.69 bits per heavy atom. The standard InChI is InChI=1S/C36H37Cl2N3O7S/c1-45-29-10-8-24(16-31(29)46-2)30(17-26-27(37)19-41(44)20-28(26)38)47-35(42)33-11-9-25(49-33)18-39-34(23-6-4-3-5-7-23)36(43)48-32-21-40-14-12-22(32)13-15-40/h3-11,16,19-20,22,30,32,34,39H,12-15,17-18,21H2,1-2H3/t30-,32+,34?/m1/s1. The number of esters is 2. The van der Waals surface area contributed by atoms with Gasteiger partial charge in [-0.3, -0.25) is 10.2 Å². The number of aromatic nitrogens is 1. The third-order valence-corrected chi connectivity index (χ3v) is 10.8. The summed E-state index contributed by atoms with van der Waals surface area (Å²) in [6.45, 7) is 3.23. The highest BCUT2D eigenvalue weighted by Crippen LogP contribution is 2.36. The van der Waals surface area contributed by atoms with Crippen LogP contribution in [0.2, 0.25) is 10.0 Å². The number of carbonyl (C=O) groups excluding carboxylic acids is 2. The summed E-state index contributed by atoms with van der Waals surface area (Å²) in [5.74, 6) is 0.500. The van der Waals surface area contributed by atoms with E-state index in [1.165, 1.54) is 38.0 Å². The molecule has 0 spiro atoms. The molecule has 3 aliphatic rings. The van der Waals surface area contributed by atoms with Gasteiger partial charge in [0.25, 0.3) is 0 Å². The largest absolute Gasteiger partial charge is 0.619 e. The minimum Gasteiger partial charge on any atom is -0.619 e. The summed E-state index contributed by atoms with van der Waals surface area (Å²) < 4.78 is 23.5. The van der Waals surface area contributed by atoms with Crippen molar-refractivity contribution in [2.75, 3.05) is 33.9 Å². The Morgan fingerprint density at radius 1 is 0.980 bits per heavy atom. The first-order valence-corrected chi connectivity index (χ1v) is 17.6. The van der Waals surface area contributed by atoms with E-state index in [9.17, 15) is 14.8 Å². The van der Waals surface area contributed by atoms with Crippen LogP contribution in [0.15, 0.2) is 73.1 Å². The summed E-state index contributed by atoms with van der Waals surface area (Å²) in [7, 11) is 3.05. The molecule has 1 unspecified atom stereocenters.